The van der Waals surface area contributed by atoms with E-state index < -0.39 is 6.04 Å². The Morgan fingerprint density at radius 3 is 2.61 bits per heavy atom. The van der Waals surface area contributed by atoms with Crippen LogP contribution in [0.1, 0.15) is 34.5 Å². The molecule has 3 aromatic rings. The third-order valence-electron chi connectivity index (χ3n) is 4.81. The first-order valence-electron chi connectivity index (χ1n) is 9.90. The molecule has 0 spiro atoms. The number of aliphatic hydroxyl groups excluding tert-OH is 2. The van der Waals surface area contributed by atoms with Crippen LogP contribution in [-0.4, -0.2) is 45.3 Å². The number of benzene rings is 2. The molecule has 0 saturated heterocycles. The quantitative estimate of drug-likeness (QED) is 0.428. The Kier molecular flexibility index (Phi) is 7.57. The molecule has 0 aliphatic carbocycles. The van der Waals surface area contributed by atoms with Gasteiger partial charge in [-0.2, -0.15) is 0 Å². The molecule has 0 aliphatic heterocycles. The number of amides is 1. The Hall–Kier alpha value is -3.00. The lowest BCUT2D eigenvalue weighted by Crippen LogP contribution is -2.30. The van der Waals surface area contributed by atoms with Crippen molar-refractivity contribution in [2.45, 2.75) is 25.9 Å². The normalized spacial score (nSPS) is 12.8. The van der Waals surface area contributed by atoms with Crippen molar-refractivity contribution in [3.05, 3.63) is 76.4 Å². The monoisotopic (exact) mass is 440 g/mol. The van der Waals surface area contributed by atoms with Gasteiger partial charge in [0.25, 0.3) is 5.91 Å². The highest BCUT2D eigenvalue weighted by Crippen LogP contribution is 2.24. The third-order valence-corrected chi connectivity index (χ3v) is 5.04. The number of carbonyl (C=O) groups is 1. The van der Waals surface area contributed by atoms with Gasteiger partial charge in [0.15, 0.2) is 0 Å². The van der Waals surface area contributed by atoms with Gasteiger partial charge in [0.1, 0.15) is 0 Å². The second-order valence-corrected chi connectivity index (χ2v) is 7.72. The fourth-order valence-electron chi connectivity index (χ4n) is 3.14. The highest BCUT2D eigenvalue weighted by Gasteiger charge is 2.17. The second kappa shape index (κ2) is 10.3. The molecule has 162 valence electrons. The van der Waals surface area contributed by atoms with E-state index in [1.54, 1.807) is 48.7 Å². The minimum absolute atomic E-state index is 0.0273. The van der Waals surface area contributed by atoms with Crippen LogP contribution in [-0.2, 0) is 0 Å². The first-order valence-corrected chi connectivity index (χ1v) is 10.3. The van der Waals surface area contributed by atoms with E-state index in [4.69, 9.17) is 11.6 Å². The van der Waals surface area contributed by atoms with Gasteiger partial charge >= 0.3 is 0 Å². The van der Waals surface area contributed by atoms with E-state index >= 15 is 0 Å². The summed E-state index contributed by atoms with van der Waals surface area (Å²) in [4.78, 5) is 21.4. The summed E-state index contributed by atoms with van der Waals surface area (Å²) < 4.78 is 0. The van der Waals surface area contributed by atoms with Crippen molar-refractivity contribution >= 4 is 23.5 Å². The third kappa shape index (κ3) is 5.79. The molecular weight excluding hydrogens is 416 g/mol. The van der Waals surface area contributed by atoms with Crippen LogP contribution in [0.15, 0.2) is 54.7 Å². The van der Waals surface area contributed by atoms with Gasteiger partial charge in [0.2, 0.25) is 5.95 Å². The molecule has 1 amide bonds. The number of rotatable bonds is 8. The molecule has 7 nitrogen and oxygen atoms in total. The highest BCUT2D eigenvalue weighted by atomic mass is 35.5. The fourth-order valence-corrected chi connectivity index (χ4v) is 3.33. The zero-order chi connectivity index (χ0) is 22.4. The molecule has 3 rings (SSSR count). The van der Waals surface area contributed by atoms with Crippen molar-refractivity contribution in [1.29, 1.82) is 0 Å². The minimum atomic E-state index is -0.560. The molecular formula is C23H25ClN4O3. The summed E-state index contributed by atoms with van der Waals surface area (Å²) in [6.07, 6.45) is 1.64. The number of hydrogen-bond acceptors (Lipinski definition) is 6. The second-order valence-electron chi connectivity index (χ2n) is 7.29. The summed E-state index contributed by atoms with van der Waals surface area (Å²) in [5, 5.41) is 25.3. The SMILES string of the molecule is Cc1cc(C(=O)N[C@H](CO)c2cccc(Cl)c2)ccc1-c1ccnc(N[C@@H](C)CO)n1. The lowest BCUT2D eigenvalue weighted by molar-refractivity contribution is 0.0916. The van der Waals surface area contributed by atoms with E-state index in [9.17, 15) is 15.0 Å². The number of hydrogen-bond donors (Lipinski definition) is 4. The Morgan fingerprint density at radius 1 is 1.13 bits per heavy atom. The first-order chi connectivity index (χ1) is 14.9. The van der Waals surface area contributed by atoms with Gasteiger partial charge in [-0.1, -0.05) is 29.8 Å². The number of nitrogens with one attached hydrogen (secondary N) is 2. The smallest absolute Gasteiger partial charge is 0.251 e. The van der Waals surface area contributed by atoms with E-state index in [-0.39, 0.29) is 25.2 Å². The fraction of sp³-hybridized carbons (Fsp3) is 0.261. The standard InChI is InChI=1S/C23H25ClN4O3/c1-14-10-17(22(31)27-21(13-30)16-4-3-5-18(24)11-16)6-7-19(14)20-8-9-25-23(28-20)26-15(2)12-29/h3-11,15,21,29-30H,12-13H2,1-2H3,(H,27,31)(H,25,26,28)/t15-,21+/m0/s1. The predicted molar refractivity (Wildman–Crippen MR) is 121 cm³/mol. The molecule has 0 fully saturated rings. The topological polar surface area (TPSA) is 107 Å². The van der Waals surface area contributed by atoms with Crippen molar-refractivity contribution in [2.75, 3.05) is 18.5 Å². The summed E-state index contributed by atoms with van der Waals surface area (Å²) in [5.74, 6) is 0.128. The average molecular weight is 441 g/mol. The molecule has 0 saturated carbocycles. The largest absolute Gasteiger partial charge is 0.394 e. The molecule has 31 heavy (non-hydrogen) atoms. The van der Waals surface area contributed by atoms with Crippen LogP contribution in [0.3, 0.4) is 0 Å². The molecule has 4 N–H and O–H groups in total. The van der Waals surface area contributed by atoms with E-state index in [0.717, 1.165) is 16.7 Å². The maximum absolute atomic E-state index is 12.8. The van der Waals surface area contributed by atoms with E-state index in [1.807, 2.05) is 19.9 Å². The van der Waals surface area contributed by atoms with Gasteiger partial charge in [-0.25, -0.2) is 9.97 Å². The molecule has 2 atom stereocenters. The molecule has 1 aromatic heterocycles. The van der Waals surface area contributed by atoms with E-state index in [2.05, 4.69) is 20.6 Å². The van der Waals surface area contributed by atoms with Crippen LogP contribution in [0.5, 0.6) is 0 Å². The van der Waals surface area contributed by atoms with Gasteiger partial charge in [0, 0.05) is 28.4 Å². The summed E-state index contributed by atoms with van der Waals surface area (Å²) in [7, 11) is 0. The van der Waals surface area contributed by atoms with Gasteiger partial charge in [-0.15, -0.1) is 0 Å². The average Bonchev–Trinajstić information content (AvgIpc) is 2.77. The first kappa shape index (κ1) is 22.7. The maximum Gasteiger partial charge on any atom is 0.251 e. The number of nitrogens with zero attached hydrogens (tertiary/aromatic N) is 2. The number of aromatic nitrogens is 2. The molecule has 2 aromatic carbocycles. The lowest BCUT2D eigenvalue weighted by Gasteiger charge is -2.18. The van der Waals surface area contributed by atoms with Crippen LogP contribution in [0, 0.1) is 6.92 Å². The van der Waals surface area contributed by atoms with Crippen LogP contribution < -0.4 is 10.6 Å². The van der Waals surface area contributed by atoms with E-state index in [0.29, 0.717) is 22.2 Å². The van der Waals surface area contributed by atoms with Gasteiger partial charge in [-0.3, -0.25) is 4.79 Å². The zero-order valence-corrected chi connectivity index (χ0v) is 18.1. The Balaban J connectivity index is 1.78. The Labute approximate surface area is 186 Å². The van der Waals surface area contributed by atoms with Gasteiger partial charge < -0.3 is 20.8 Å². The van der Waals surface area contributed by atoms with Crippen molar-refractivity contribution < 1.29 is 15.0 Å². The molecule has 8 heteroatoms. The van der Waals surface area contributed by atoms with Gasteiger partial charge in [0.05, 0.1) is 24.9 Å². The summed E-state index contributed by atoms with van der Waals surface area (Å²) >= 11 is 6.02. The summed E-state index contributed by atoms with van der Waals surface area (Å²) in [6.45, 7) is 3.46. The zero-order valence-electron chi connectivity index (χ0n) is 17.3. The highest BCUT2D eigenvalue weighted by molar-refractivity contribution is 6.30. The summed E-state index contributed by atoms with van der Waals surface area (Å²) in [5.41, 5.74) is 3.65. The minimum Gasteiger partial charge on any atom is -0.394 e. The van der Waals surface area contributed by atoms with Crippen LogP contribution in [0.4, 0.5) is 5.95 Å². The molecule has 0 bridgehead atoms. The molecule has 0 unspecified atom stereocenters. The van der Waals surface area contributed by atoms with Crippen molar-refractivity contribution in [3.8, 4) is 11.3 Å². The Bertz CT molecular complexity index is 1060. The summed E-state index contributed by atoms with van der Waals surface area (Å²) in [6, 6.07) is 13.4. The number of anilines is 1. The number of aryl methyl sites for hydroxylation is 1. The molecule has 0 radical (unpaired) electrons. The number of aliphatic hydroxyl groups is 2. The van der Waals surface area contributed by atoms with Crippen LogP contribution in [0.2, 0.25) is 5.02 Å². The van der Waals surface area contributed by atoms with Crippen LogP contribution in [0.25, 0.3) is 11.3 Å². The molecule has 0 aliphatic rings. The lowest BCUT2D eigenvalue weighted by atomic mass is 10.0. The van der Waals surface area contributed by atoms with Gasteiger partial charge in [-0.05, 0) is 55.3 Å². The van der Waals surface area contributed by atoms with Crippen molar-refractivity contribution in [2.24, 2.45) is 0 Å². The predicted octanol–water partition coefficient (Wildman–Crippen LogP) is 3.36. The Morgan fingerprint density at radius 2 is 1.94 bits per heavy atom. The molecule has 1 heterocycles. The number of carbonyl (C=O) groups excluding carboxylic acids is 1. The van der Waals surface area contributed by atoms with Crippen LogP contribution >= 0.6 is 11.6 Å². The van der Waals surface area contributed by atoms with Crippen molar-refractivity contribution in [3.63, 3.8) is 0 Å². The number of halogens is 1. The van der Waals surface area contributed by atoms with Crippen molar-refractivity contribution in [1.82, 2.24) is 15.3 Å². The maximum atomic E-state index is 12.8. The van der Waals surface area contributed by atoms with E-state index in [1.165, 1.54) is 0 Å².